The molecule has 1 aliphatic heterocycles. The highest BCUT2D eigenvalue weighted by molar-refractivity contribution is 9.10. The molecule has 2 atom stereocenters. The van der Waals surface area contributed by atoms with E-state index in [0.29, 0.717) is 18.8 Å². The lowest BCUT2D eigenvalue weighted by Crippen LogP contribution is -2.34. The van der Waals surface area contributed by atoms with Crippen LogP contribution in [0.1, 0.15) is 13.3 Å². The summed E-state index contributed by atoms with van der Waals surface area (Å²) in [6.07, 6.45) is 0.468. The maximum absolute atomic E-state index is 12.2. The number of aliphatic hydroxyl groups is 1. The lowest BCUT2D eigenvalue weighted by atomic mass is 10.0. The highest BCUT2D eigenvalue weighted by Gasteiger charge is 2.29. The number of carbonyl (C=O) groups is 1. The summed E-state index contributed by atoms with van der Waals surface area (Å²) >= 11 is 3.41. The number of amides is 2. The molecule has 0 aromatic heterocycles. The smallest absolute Gasteiger partial charge is 0.321 e. The zero-order valence-corrected chi connectivity index (χ0v) is 13.2. The normalized spacial score (nSPS) is 19.8. The van der Waals surface area contributed by atoms with Gasteiger partial charge in [0, 0.05) is 23.5 Å². The van der Waals surface area contributed by atoms with Crippen LogP contribution in [0.5, 0.6) is 5.75 Å². The Morgan fingerprint density at radius 1 is 1.60 bits per heavy atom. The van der Waals surface area contributed by atoms with Crippen molar-refractivity contribution in [2.45, 2.75) is 19.4 Å². The van der Waals surface area contributed by atoms with Crippen LogP contribution >= 0.6 is 15.9 Å². The number of methoxy groups -OCH3 is 1. The average molecular weight is 343 g/mol. The highest BCUT2D eigenvalue weighted by Crippen LogP contribution is 2.28. The van der Waals surface area contributed by atoms with Gasteiger partial charge in [-0.25, -0.2) is 4.79 Å². The van der Waals surface area contributed by atoms with Crippen molar-refractivity contribution in [2.24, 2.45) is 5.92 Å². The molecule has 5 nitrogen and oxygen atoms in total. The Balaban J connectivity index is 1.98. The zero-order chi connectivity index (χ0) is 14.7. The Bertz CT molecular complexity index is 493. The Morgan fingerprint density at radius 3 is 2.90 bits per heavy atom. The number of rotatable bonds is 3. The molecular formula is C14H19BrN2O3. The number of aliphatic hydroxyl groups excluding tert-OH is 1. The van der Waals surface area contributed by atoms with Crippen molar-refractivity contribution in [3.8, 4) is 5.75 Å². The SMILES string of the molecule is COc1ccc(NC(=O)N2CC[C@@H]([C@H](C)O)C2)c(Br)c1. The van der Waals surface area contributed by atoms with E-state index in [2.05, 4.69) is 21.2 Å². The second-order valence-electron chi connectivity index (χ2n) is 5.01. The average Bonchev–Trinajstić information content (AvgIpc) is 2.91. The Labute approximate surface area is 127 Å². The van der Waals surface area contributed by atoms with Crippen molar-refractivity contribution in [3.05, 3.63) is 22.7 Å². The minimum atomic E-state index is -0.375. The molecule has 0 spiro atoms. The number of ether oxygens (including phenoxy) is 1. The second kappa shape index (κ2) is 6.45. The lowest BCUT2D eigenvalue weighted by molar-refractivity contribution is 0.130. The number of nitrogens with one attached hydrogen (secondary N) is 1. The van der Waals surface area contributed by atoms with Crippen LogP contribution in [0, 0.1) is 5.92 Å². The molecule has 1 saturated heterocycles. The monoisotopic (exact) mass is 342 g/mol. The minimum absolute atomic E-state index is 0.140. The van der Waals surface area contributed by atoms with E-state index >= 15 is 0 Å². The molecule has 1 aromatic rings. The van der Waals surface area contributed by atoms with E-state index < -0.39 is 0 Å². The highest BCUT2D eigenvalue weighted by atomic mass is 79.9. The number of likely N-dealkylation sites (tertiary alicyclic amines) is 1. The fourth-order valence-electron chi connectivity index (χ4n) is 2.28. The number of urea groups is 1. The van der Waals surface area contributed by atoms with E-state index in [0.717, 1.165) is 16.6 Å². The summed E-state index contributed by atoms with van der Waals surface area (Å²) in [4.78, 5) is 13.9. The predicted molar refractivity (Wildman–Crippen MR) is 81.1 cm³/mol. The number of hydrogen-bond acceptors (Lipinski definition) is 3. The van der Waals surface area contributed by atoms with Crippen LogP contribution in [-0.2, 0) is 0 Å². The van der Waals surface area contributed by atoms with Crippen molar-refractivity contribution >= 4 is 27.6 Å². The summed E-state index contributed by atoms with van der Waals surface area (Å²) in [5.41, 5.74) is 0.705. The van der Waals surface area contributed by atoms with Gasteiger partial charge in [0.2, 0.25) is 0 Å². The lowest BCUT2D eigenvalue weighted by Gasteiger charge is -2.19. The van der Waals surface area contributed by atoms with Gasteiger partial charge in [-0.15, -0.1) is 0 Å². The van der Waals surface area contributed by atoms with Crippen molar-refractivity contribution in [2.75, 3.05) is 25.5 Å². The Morgan fingerprint density at radius 2 is 2.35 bits per heavy atom. The molecule has 6 heteroatoms. The van der Waals surface area contributed by atoms with Crippen molar-refractivity contribution in [1.29, 1.82) is 0 Å². The summed E-state index contributed by atoms with van der Waals surface area (Å²) in [6, 6.07) is 5.25. The summed E-state index contributed by atoms with van der Waals surface area (Å²) in [5, 5.41) is 12.4. The summed E-state index contributed by atoms with van der Waals surface area (Å²) in [7, 11) is 1.60. The van der Waals surface area contributed by atoms with Gasteiger partial charge in [-0.1, -0.05) is 0 Å². The molecule has 1 fully saturated rings. The van der Waals surface area contributed by atoms with E-state index in [4.69, 9.17) is 4.74 Å². The van der Waals surface area contributed by atoms with E-state index in [1.165, 1.54) is 0 Å². The van der Waals surface area contributed by atoms with Gasteiger partial charge in [-0.05, 0) is 47.5 Å². The first-order chi connectivity index (χ1) is 9.51. The number of hydrogen-bond donors (Lipinski definition) is 2. The van der Waals surface area contributed by atoms with Gasteiger partial charge >= 0.3 is 6.03 Å². The third-order valence-electron chi connectivity index (χ3n) is 3.61. The summed E-state index contributed by atoms with van der Waals surface area (Å²) < 4.78 is 5.89. The third-order valence-corrected chi connectivity index (χ3v) is 4.27. The molecule has 0 unspecified atom stereocenters. The van der Waals surface area contributed by atoms with Gasteiger partial charge in [0.25, 0.3) is 0 Å². The number of carbonyl (C=O) groups excluding carboxylic acids is 1. The molecule has 1 aliphatic rings. The van der Waals surface area contributed by atoms with Crippen molar-refractivity contribution in [1.82, 2.24) is 4.90 Å². The van der Waals surface area contributed by atoms with E-state index in [1.54, 1.807) is 37.1 Å². The van der Waals surface area contributed by atoms with Gasteiger partial charge in [-0.3, -0.25) is 0 Å². The molecular weight excluding hydrogens is 324 g/mol. The maximum Gasteiger partial charge on any atom is 0.321 e. The first-order valence-corrected chi connectivity index (χ1v) is 7.38. The van der Waals surface area contributed by atoms with Gasteiger partial charge < -0.3 is 20.1 Å². The fraction of sp³-hybridized carbons (Fsp3) is 0.500. The molecule has 0 radical (unpaired) electrons. The standard InChI is InChI=1S/C14H19BrN2O3/c1-9(18)10-5-6-17(8-10)14(19)16-13-4-3-11(20-2)7-12(13)15/h3-4,7,9-10,18H,5-6,8H2,1-2H3,(H,16,19)/t9-,10+/m0/s1. The second-order valence-corrected chi connectivity index (χ2v) is 5.87. The molecule has 2 N–H and O–H groups in total. The van der Waals surface area contributed by atoms with Crippen LogP contribution in [0.4, 0.5) is 10.5 Å². The maximum atomic E-state index is 12.2. The minimum Gasteiger partial charge on any atom is -0.497 e. The Kier molecular flexibility index (Phi) is 4.88. The molecule has 110 valence electrons. The van der Waals surface area contributed by atoms with Crippen LogP contribution in [0.15, 0.2) is 22.7 Å². The van der Waals surface area contributed by atoms with Crippen LogP contribution in [0.3, 0.4) is 0 Å². The van der Waals surface area contributed by atoms with Gasteiger partial charge in [-0.2, -0.15) is 0 Å². The third kappa shape index (κ3) is 3.43. The number of nitrogens with zero attached hydrogens (tertiary/aromatic N) is 1. The summed E-state index contributed by atoms with van der Waals surface area (Å²) in [6.45, 7) is 3.04. The van der Waals surface area contributed by atoms with E-state index in [9.17, 15) is 9.90 Å². The number of anilines is 1. The number of halogens is 1. The van der Waals surface area contributed by atoms with Crippen LogP contribution in [0.25, 0.3) is 0 Å². The van der Waals surface area contributed by atoms with E-state index in [1.807, 2.05) is 0 Å². The van der Waals surface area contributed by atoms with Gasteiger partial charge in [0.15, 0.2) is 0 Å². The topological polar surface area (TPSA) is 61.8 Å². The Hall–Kier alpha value is -1.27. The zero-order valence-electron chi connectivity index (χ0n) is 11.6. The predicted octanol–water partition coefficient (Wildman–Crippen LogP) is 2.69. The molecule has 1 heterocycles. The van der Waals surface area contributed by atoms with Gasteiger partial charge in [0.05, 0.1) is 18.9 Å². The van der Waals surface area contributed by atoms with Crippen molar-refractivity contribution < 1.29 is 14.6 Å². The van der Waals surface area contributed by atoms with Crippen LogP contribution in [0.2, 0.25) is 0 Å². The summed E-state index contributed by atoms with van der Waals surface area (Å²) in [5.74, 6) is 0.894. The molecule has 0 bridgehead atoms. The van der Waals surface area contributed by atoms with Crippen LogP contribution in [-0.4, -0.2) is 42.3 Å². The molecule has 2 rings (SSSR count). The molecule has 2 amide bonds. The fourth-order valence-corrected chi connectivity index (χ4v) is 2.74. The van der Waals surface area contributed by atoms with E-state index in [-0.39, 0.29) is 18.1 Å². The first kappa shape index (κ1) is 15.1. The first-order valence-electron chi connectivity index (χ1n) is 6.58. The van der Waals surface area contributed by atoms with Crippen LogP contribution < -0.4 is 10.1 Å². The quantitative estimate of drug-likeness (QED) is 0.887. The van der Waals surface area contributed by atoms with Crippen molar-refractivity contribution in [3.63, 3.8) is 0 Å². The molecule has 1 aromatic carbocycles. The molecule has 0 aliphatic carbocycles. The largest absolute Gasteiger partial charge is 0.497 e. The molecule has 0 saturated carbocycles. The number of benzene rings is 1. The molecule has 20 heavy (non-hydrogen) atoms. The van der Waals surface area contributed by atoms with Gasteiger partial charge in [0.1, 0.15) is 5.75 Å².